The quantitative estimate of drug-likeness (QED) is 0.435. The van der Waals surface area contributed by atoms with E-state index in [9.17, 15) is 0 Å². The Kier molecular flexibility index (Phi) is 30.6. The van der Waals surface area contributed by atoms with Gasteiger partial charge in [0.05, 0.1) is 0 Å². The molecule has 0 heterocycles. The van der Waals surface area contributed by atoms with Crippen molar-refractivity contribution in [3.05, 3.63) is 37.0 Å². The third kappa shape index (κ3) is 18.1. The van der Waals surface area contributed by atoms with Crippen molar-refractivity contribution in [3.8, 4) is 11.8 Å². The molecule has 0 spiro atoms. The second-order valence-corrected chi connectivity index (χ2v) is 1.44. The maximum absolute atomic E-state index is 3.58. The number of hydrogen-bond donors (Lipinski definition) is 0. The van der Waals surface area contributed by atoms with E-state index < -0.39 is 0 Å². The van der Waals surface area contributed by atoms with Crippen molar-refractivity contribution in [2.75, 3.05) is 0 Å². The molecule has 0 unspecified atom stereocenters. The largest absolute Gasteiger partial charge is 0.101 e. The Balaban J connectivity index is -0.000000218. The zero-order valence-corrected chi connectivity index (χ0v) is 9.65. The SMILES string of the molecule is C=C/C=C(/C#CC)C=C.CC.CC. The molecule has 0 nitrogen and oxygen atoms in total. The van der Waals surface area contributed by atoms with Gasteiger partial charge in [0.25, 0.3) is 0 Å². The maximum Gasteiger partial charge on any atom is 0.0239 e. The molecule has 0 saturated heterocycles. The van der Waals surface area contributed by atoms with Crippen LogP contribution in [0.3, 0.4) is 0 Å². The molecule has 0 radical (unpaired) electrons. The second-order valence-electron chi connectivity index (χ2n) is 1.44. The first-order valence-electron chi connectivity index (χ1n) is 4.73. The first-order valence-corrected chi connectivity index (χ1v) is 4.73. The minimum Gasteiger partial charge on any atom is -0.101 e. The predicted molar refractivity (Wildman–Crippen MR) is 64.6 cm³/mol. The zero-order chi connectivity index (χ0) is 11.1. The molecule has 0 aliphatic carbocycles. The minimum atomic E-state index is 0.910. The van der Waals surface area contributed by atoms with Crippen LogP contribution in [0.5, 0.6) is 0 Å². The average molecular weight is 178 g/mol. The molecule has 0 aliphatic rings. The molecule has 0 aromatic rings. The average Bonchev–Trinajstić information content (AvgIpc) is 2.23. The molecule has 13 heavy (non-hydrogen) atoms. The fourth-order valence-electron chi connectivity index (χ4n) is 0.432. The van der Waals surface area contributed by atoms with Gasteiger partial charge >= 0.3 is 0 Å². The van der Waals surface area contributed by atoms with E-state index >= 15 is 0 Å². The fourth-order valence-corrected chi connectivity index (χ4v) is 0.432. The fraction of sp³-hybridized carbons (Fsp3) is 0.385. The molecule has 0 atom stereocenters. The van der Waals surface area contributed by atoms with Gasteiger partial charge in [0, 0.05) is 5.57 Å². The van der Waals surface area contributed by atoms with Gasteiger partial charge in [0.15, 0.2) is 0 Å². The van der Waals surface area contributed by atoms with Crippen LogP contribution in [0.2, 0.25) is 0 Å². The molecule has 0 fully saturated rings. The Bertz CT molecular complexity index is 184. The van der Waals surface area contributed by atoms with Crippen LogP contribution in [0.4, 0.5) is 0 Å². The van der Waals surface area contributed by atoms with Crippen LogP contribution in [-0.2, 0) is 0 Å². The topological polar surface area (TPSA) is 0 Å². The third-order valence-electron chi connectivity index (χ3n) is 0.787. The second kappa shape index (κ2) is 22.4. The van der Waals surface area contributed by atoms with Crippen molar-refractivity contribution < 1.29 is 0 Å². The summed E-state index contributed by atoms with van der Waals surface area (Å²) in [6, 6.07) is 0. The van der Waals surface area contributed by atoms with E-state index in [2.05, 4.69) is 25.0 Å². The summed E-state index contributed by atoms with van der Waals surface area (Å²) in [6.45, 7) is 16.9. The molecule has 0 amide bonds. The first-order chi connectivity index (χ1) is 6.35. The standard InChI is InChI=1S/C9H10.2C2H6/c1-4-7-9(6-3)8-5-2;2*1-2/h4,6-7H,1,3H2,2H3;2*1-2H3/b9-7+;;. The molecular formula is C13H22. The Hall–Kier alpha value is -1.22. The Labute approximate surface area is 84.1 Å². The van der Waals surface area contributed by atoms with E-state index in [4.69, 9.17) is 0 Å². The smallest absolute Gasteiger partial charge is 0.0239 e. The van der Waals surface area contributed by atoms with Crippen molar-refractivity contribution in [3.63, 3.8) is 0 Å². The van der Waals surface area contributed by atoms with Crippen LogP contribution in [0.25, 0.3) is 0 Å². The highest BCUT2D eigenvalue weighted by Gasteiger charge is 1.75. The van der Waals surface area contributed by atoms with E-state index in [0.717, 1.165) is 5.57 Å². The summed E-state index contributed by atoms with van der Waals surface area (Å²) in [7, 11) is 0. The Morgan fingerprint density at radius 3 is 1.77 bits per heavy atom. The van der Waals surface area contributed by atoms with Crippen LogP contribution < -0.4 is 0 Å². The summed E-state index contributed by atoms with van der Waals surface area (Å²) in [5.74, 6) is 5.62. The number of rotatable bonds is 2. The van der Waals surface area contributed by atoms with E-state index in [-0.39, 0.29) is 0 Å². The lowest BCUT2D eigenvalue weighted by molar-refractivity contribution is 1.50. The minimum absolute atomic E-state index is 0.910. The molecule has 0 saturated carbocycles. The zero-order valence-electron chi connectivity index (χ0n) is 9.65. The Morgan fingerprint density at radius 1 is 1.08 bits per heavy atom. The number of allylic oxidation sites excluding steroid dienone is 4. The summed E-state index contributed by atoms with van der Waals surface area (Å²) < 4.78 is 0. The third-order valence-corrected chi connectivity index (χ3v) is 0.787. The molecule has 0 aromatic carbocycles. The highest BCUT2D eigenvalue weighted by Crippen LogP contribution is 1.91. The summed E-state index contributed by atoms with van der Waals surface area (Å²) in [6.07, 6.45) is 5.23. The highest BCUT2D eigenvalue weighted by molar-refractivity contribution is 5.38. The predicted octanol–water partition coefficient (Wildman–Crippen LogP) is 4.36. The van der Waals surface area contributed by atoms with Gasteiger partial charge in [-0.2, -0.15) is 0 Å². The van der Waals surface area contributed by atoms with Crippen molar-refractivity contribution in [1.82, 2.24) is 0 Å². The van der Waals surface area contributed by atoms with E-state index in [0.29, 0.717) is 0 Å². The molecule has 0 aliphatic heterocycles. The van der Waals surface area contributed by atoms with Crippen molar-refractivity contribution >= 4 is 0 Å². The van der Waals surface area contributed by atoms with Gasteiger partial charge in [-0.3, -0.25) is 0 Å². The first kappa shape index (κ1) is 17.8. The van der Waals surface area contributed by atoms with Crippen LogP contribution in [0.15, 0.2) is 37.0 Å². The molecule has 0 heteroatoms. The van der Waals surface area contributed by atoms with Crippen LogP contribution in [0.1, 0.15) is 34.6 Å². The maximum atomic E-state index is 3.58. The monoisotopic (exact) mass is 178 g/mol. The van der Waals surface area contributed by atoms with Gasteiger partial charge in [0.2, 0.25) is 0 Å². The molecule has 74 valence electrons. The van der Waals surface area contributed by atoms with E-state index in [1.807, 2.05) is 33.8 Å². The van der Waals surface area contributed by atoms with E-state index in [1.165, 1.54) is 0 Å². The van der Waals surface area contributed by atoms with Gasteiger partial charge in [-0.1, -0.05) is 58.9 Å². The summed E-state index contributed by atoms with van der Waals surface area (Å²) in [4.78, 5) is 0. The van der Waals surface area contributed by atoms with Gasteiger partial charge < -0.3 is 0 Å². The van der Waals surface area contributed by atoms with Crippen molar-refractivity contribution in [2.24, 2.45) is 0 Å². The van der Waals surface area contributed by atoms with Crippen LogP contribution in [-0.4, -0.2) is 0 Å². The summed E-state index contributed by atoms with van der Waals surface area (Å²) in [5, 5.41) is 0. The Morgan fingerprint density at radius 2 is 1.54 bits per heavy atom. The lowest BCUT2D eigenvalue weighted by atomic mass is 10.2. The van der Waals surface area contributed by atoms with Gasteiger partial charge in [-0.05, 0) is 13.0 Å². The molecule has 0 aromatic heterocycles. The van der Waals surface area contributed by atoms with Crippen LogP contribution in [0, 0.1) is 11.8 Å². The van der Waals surface area contributed by atoms with Gasteiger partial charge in [0.1, 0.15) is 0 Å². The molecule has 0 rings (SSSR count). The molecular weight excluding hydrogens is 156 g/mol. The van der Waals surface area contributed by atoms with E-state index in [1.54, 1.807) is 19.1 Å². The highest BCUT2D eigenvalue weighted by atomic mass is 13.8. The van der Waals surface area contributed by atoms with Crippen molar-refractivity contribution in [1.29, 1.82) is 0 Å². The molecule has 0 bridgehead atoms. The lowest BCUT2D eigenvalue weighted by Crippen LogP contribution is -1.66. The normalized spacial score (nSPS) is 7.31. The van der Waals surface area contributed by atoms with Crippen molar-refractivity contribution in [2.45, 2.75) is 34.6 Å². The summed E-state index contributed by atoms with van der Waals surface area (Å²) in [5.41, 5.74) is 0.910. The summed E-state index contributed by atoms with van der Waals surface area (Å²) >= 11 is 0. The van der Waals surface area contributed by atoms with Crippen LogP contribution >= 0.6 is 0 Å². The molecule has 0 N–H and O–H groups in total. The lowest BCUT2D eigenvalue weighted by Gasteiger charge is -1.81. The van der Waals surface area contributed by atoms with Gasteiger partial charge in [-0.25, -0.2) is 0 Å². The number of hydrogen-bond acceptors (Lipinski definition) is 0. The van der Waals surface area contributed by atoms with Gasteiger partial charge in [-0.15, -0.1) is 5.92 Å².